The van der Waals surface area contributed by atoms with Crippen molar-refractivity contribution in [3.8, 4) is 22.5 Å². The van der Waals surface area contributed by atoms with Crippen molar-refractivity contribution in [2.45, 2.75) is 245 Å². The van der Waals surface area contributed by atoms with E-state index in [1.807, 2.05) is 0 Å². The first-order chi connectivity index (χ1) is 35.5. The van der Waals surface area contributed by atoms with E-state index in [-0.39, 0.29) is 0 Å². The van der Waals surface area contributed by atoms with Crippen LogP contribution in [0.5, 0.6) is 0 Å². The van der Waals surface area contributed by atoms with E-state index in [9.17, 15) is 0 Å². The molecule has 0 radical (unpaired) electrons. The van der Waals surface area contributed by atoms with E-state index in [1.165, 1.54) is 296 Å². The van der Waals surface area contributed by atoms with Crippen molar-refractivity contribution >= 4 is 53.7 Å². The molecule has 0 bridgehead atoms. The highest BCUT2D eigenvalue weighted by molar-refractivity contribution is 9.10. The predicted octanol–water partition coefficient (Wildman–Crippen LogP) is 22.7. The third kappa shape index (κ3) is 15.5. The second-order valence-electron chi connectivity index (χ2n) is 22.9. The van der Waals surface area contributed by atoms with Gasteiger partial charge in [-0.2, -0.15) is 0 Å². The van der Waals surface area contributed by atoms with E-state index in [2.05, 4.69) is 140 Å². The minimum Gasteiger partial charge on any atom is -0.313 e. The first-order valence-electron chi connectivity index (χ1n) is 30.4. The van der Waals surface area contributed by atoms with Crippen LogP contribution in [0.15, 0.2) is 93.9 Å². The van der Waals surface area contributed by atoms with Crippen molar-refractivity contribution in [1.29, 1.82) is 0 Å². The lowest BCUT2D eigenvalue weighted by molar-refractivity contribution is 0.401. The zero-order valence-corrected chi connectivity index (χ0v) is 48.5. The number of unbranched alkanes of at least 4 members (excludes halogenated alkanes) is 26. The molecule has 2 heterocycles. The first-order valence-corrected chi connectivity index (χ1v) is 32.0. The molecule has 72 heavy (non-hydrogen) atoms. The molecule has 2 unspecified atom stereocenters. The molecule has 2 aliphatic rings. The summed E-state index contributed by atoms with van der Waals surface area (Å²) in [6, 6.07) is 32.8. The molecule has 0 N–H and O–H groups in total. The van der Waals surface area contributed by atoms with Crippen molar-refractivity contribution < 1.29 is 0 Å². The van der Waals surface area contributed by atoms with Crippen LogP contribution in [0.4, 0.5) is 0 Å². The van der Waals surface area contributed by atoms with Gasteiger partial charge in [-0.25, -0.2) is 0 Å². The minimum absolute atomic E-state index is 0.802. The van der Waals surface area contributed by atoms with Gasteiger partial charge in [0.15, 0.2) is 0 Å². The SMILES string of the molecule is CCCCCCCCCCCCCCCCC1CCc2c(c3cc(Br)ccc3n2-c2ccc(-c3ccc(-n4c5c(c6cc(Br)ccc64)CC(CCCCCCCCCCCCCCCC)CC5)cc3)cc2)C1. The number of halogens is 2. The molecule has 2 aliphatic carbocycles. The van der Waals surface area contributed by atoms with Crippen LogP contribution in [-0.4, -0.2) is 9.13 Å². The van der Waals surface area contributed by atoms with Crippen molar-refractivity contribution in [2.75, 3.05) is 0 Å². The number of fused-ring (bicyclic) bond motifs is 6. The Morgan fingerprint density at radius 3 is 1.00 bits per heavy atom. The summed E-state index contributed by atoms with van der Waals surface area (Å²) in [5, 5.41) is 2.88. The molecule has 4 heteroatoms. The molecule has 0 aliphatic heterocycles. The van der Waals surface area contributed by atoms with Gasteiger partial charge in [0.2, 0.25) is 0 Å². The Hall–Kier alpha value is -3.08. The van der Waals surface area contributed by atoms with Crippen molar-refractivity contribution in [3.05, 3.63) is 116 Å². The van der Waals surface area contributed by atoms with Crippen LogP contribution in [0, 0.1) is 11.8 Å². The largest absolute Gasteiger partial charge is 0.313 e. The van der Waals surface area contributed by atoms with E-state index >= 15 is 0 Å². The summed E-state index contributed by atoms with van der Waals surface area (Å²) in [6.07, 6.45) is 50.2. The predicted molar refractivity (Wildman–Crippen MR) is 322 cm³/mol. The number of hydrogen-bond acceptors (Lipinski definition) is 0. The summed E-state index contributed by atoms with van der Waals surface area (Å²) in [7, 11) is 0. The number of aromatic nitrogens is 2. The highest BCUT2D eigenvalue weighted by atomic mass is 79.9. The second kappa shape index (κ2) is 29.9. The normalized spacial score (nSPS) is 15.7. The van der Waals surface area contributed by atoms with Gasteiger partial charge in [0.05, 0.1) is 11.0 Å². The number of rotatable bonds is 33. The van der Waals surface area contributed by atoms with Crippen LogP contribution < -0.4 is 0 Å². The monoisotopic (exact) mass is 1100 g/mol. The summed E-state index contributed by atoms with van der Waals surface area (Å²) in [4.78, 5) is 0. The molecule has 0 saturated heterocycles. The van der Waals surface area contributed by atoms with Gasteiger partial charge in [-0.15, -0.1) is 0 Å². The van der Waals surface area contributed by atoms with Gasteiger partial charge in [0.25, 0.3) is 0 Å². The Balaban J connectivity index is 0.825. The van der Waals surface area contributed by atoms with Crippen molar-refractivity contribution in [1.82, 2.24) is 9.13 Å². The molecular formula is C68H94Br2N2. The van der Waals surface area contributed by atoms with E-state index in [0.29, 0.717) is 0 Å². The number of benzene rings is 4. The van der Waals surface area contributed by atoms with Crippen molar-refractivity contribution in [2.24, 2.45) is 11.8 Å². The van der Waals surface area contributed by atoms with Crippen LogP contribution in [0.25, 0.3) is 44.3 Å². The molecule has 2 atom stereocenters. The second-order valence-corrected chi connectivity index (χ2v) is 24.8. The van der Waals surface area contributed by atoms with Gasteiger partial charge in [0, 0.05) is 42.5 Å². The van der Waals surface area contributed by atoms with Gasteiger partial charge in [-0.05, 0) is 133 Å². The Morgan fingerprint density at radius 2 is 0.681 bits per heavy atom. The van der Waals surface area contributed by atoms with Crippen LogP contribution in [0.3, 0.4) is 0 Å². The summed E-state index contributed by atoms with van der Waals surface area (Å²) in [5.41, 5.74) is 14.1. The molecule has 8 rings (SSSR count). The van der Waals surface area contributed by atoms with Crippen LogP contribution in [-0.2, 0) is 25.7 Å². The molecule has 6 aromatic rings. The van der Waals surface area contributed by atoms with E-state index in [4.69, 9.17) is 0 Å². The van der Waals surface area contributed by atoms with Gasteiger partial charge in [0.1, 0.15) is 0 Å². The van der Waals surface area contributed by atoms with Crippen molar-refractivity contribution in [3.63, 3.8) is 0 Å². The maximum Gasteiger partial charge on any atom is 0.0535 e. The summed E-state index contributed by atoms with van der Waals surface area (Å²) >= 11 is 7.69. The fraction of sp³-hybridized carbons (Fsp3) is 0.588. The summed E-state index contributed by atoms with van der Waals surface area (Å²) in [6.45, 7) is 4.62. The fourth-order valence-corrected chi connectivity index (χ4v) is 13.9. The number of nitrogens with zero attached hydrogens (tertiary/aromatic N) is 2. The van der Waals surface area contributed by atoms with E-state index < -0.39 is 0 Å². The molecule has 0 spiro atoms. The molecule has 2 nitrogen and oxygen atoms in total. The lowest BCUT2D eigenvalue weighted by Gasteiger charge is -2.24. The van der Waals surface area contributed by atoms with Crippen LogP contribution in [0.1, 0.15) is 242 Å². The molecule has 0 saturated carbocycles. The Bertz CT molecular complexity index is 2330. The summed E-state index contributed by atoms with van der Waals surface area (Å²) in [5.74, 6) is 1.60. The molecule has 0 amide bonds. The van der Waals surface area contributed by atoms with E-state index in [1.54, 1.807) is 11.1 Å². The van der Waals surface area contributed by atoms with Gasteiger partial charge >= 0.3 is 0 Å². The Labute approximate surface area is 455 Å². The lowest BCUT2D eigenvalue weighted by Crippen LogP contribution is -2.16. The Kier molecular flexibility index (Phi) is 22.9. The molecule has 4 aromatic carbocycles. The maximum atomic E-state index is 3.84. The summed E-state index contributed by atoms with van der Waals surface area (Å²) < 4.78 is 7.55. The fourth-order valence-electron chi connectivity index (χ4n) is 13.1. The molecule has 0 fully saturated rings. The third-order valence-corrected chi connectivity index (χ3v) is 18.4. The Morgan fingerprint density at radius 1 is 0.375 bits per heavy atom. The standard InChI is InChI=1S/C68H94Br2N2/c1-3-5-7-9-11-13-15-17-19-21-23-25-27-29-31-53-33-45-65-61(49-53)63-51-57(69)39-47-67(63)71(65)59-41-35-55(36-42-59)56-37-43-60(44-38-56)72-66-46-34-54(50-62(66)64-52-58(70)40-48-68(64)72)32-30-28-26-24-22-20-18-16-14-12-10-8-6-4-2/h35-44,47-48,51-54H,3-34,45-46,49-50H2,1-2H3. The van der Waals surface area contributed by atoms with Gasteiger partial charge in [-0.1, -0.05) is 263 Å². The average Bonchev–Trinajstić information content (AvgIpc) is 3.89. The van der Waals surface area contributed by atoms with Crippen LogP contribution >= 0.6 is 31.9 Å². The van der Waals surface area contributed by atoms with Gasteiger partial charge in [-0.3, -0.25) is 0 Å². The lowest BCUT2D eigenvalue weighted by atomic mass is 9.83. The van der Waals surface area contributed by atoms with Crippen LogP contribution in [0.2, 0.25) is 0 Å². The zero-order valence-electron chi connectivity index (χ0n) is 45.3. The van der Waals surface area contributed by atoms with E-state index in [0.717, 1.165) is 11.8 Å². The minimum atomic E-state index is 0.802. The highest BCUT2D eigenvalue weighted by Crippen LogP contribution is 2.41. The highest BCUT2D eigenvalue weighted by Gasteiger charge is 2.28. The first kappa shape index (κ1) is 55.2. The topological polar surface area (TPSA) is 9.86 Å². The average molecular weight is 1100 g/mol. The molecule has 2 aromatic heterocycles. The molecular weight excluding hydrogens is 1000 g/mol. The third-order valence-electron chi connectivity index (χ3n) is 17.4. The molecule has 390 valence electrons. The zero-order chi connectivity index (χ0) is 49.7. The maximum absolute atomic E-state index is 3.84. The smallest absolute Gasteiger partial charge is 0.0535 e. The quantitative estimate of drug-likeness (QED) is 0.0364. The van der Waals surface area contributed by atoms with Gasteiger partial charge < -0.3 is 9.13 Å². The number of hydrogen-bond donors (Lipinski definition) is 0.